The fourth-order valence-corrected chi connectivity index (χ4v) is 8.58. The number of ketones is 3. The molecule has 1 saturated heterocycles. The third kappa shape index (κ3) is 3.57. The highest BCUT2D eigenvalue weighted by molar-refractivity contribution is 5.91. The maximum atomic E-state index is 13.1. The highest BCUT2D eigenvalue weighted by atomic mass is 16.7. The lowest BCUT2D eigenvalue weighted by Gasteiger charge is -2.49. The van der Waals surface area contributed by atoms with E-state index in [4.69, 9.17) is 9.47 Å². The predicted octanol–water partition coefficient (Wildman–Crippen LogP) is 3.25. The van der Waals surface area contributed by atoms with E-state index in [1.165, 1.54) is 12.5 Å². The van der Waals surface area contributed by atoms with Crippen molar-refractivity contribution in [2.45, 2.75) is 83.6 Å². The van der Waals surface area contributed by atoms with Gasteiger partial charge in [0, 0.05) is 29.7 Å². The molecule has 198 valence electrons. The van der Waals surface area contributed by atoms with E-state index in [2.05, 4.69) is 6.92 Å². The summed E-state index contributed by atoms with van der Waals surface area (Å²) in [6.45, 7) is 8.06. The minimum absolute atomic E-state index is 0.0390. The Morgan fingerprint density at radius 1 is 1.00 bits per heavy atom. The summed E-state index contributed by atoms with van der Waals surface area (Å²) in [6, 6.07) is -0.238. The Balaban J connectivity index is 1.67. The highest BCUT2D eigenvalue weighted by Crippen LogP contribution is 2.65. The van der Waals surface area contributed by atoms with Gasteiger partial charge in [-0.15, -0.1) is 0 Å². The van der Waals surface area contributed by atoms with Crippen LogP contribution >= 0.6 is 0 Å². The minimum Gasteiger partial charge on any atom is -0.385 e. The van der Waals surface area contributed by atoms with Crippen LogP contribution in [0.3, 0.4) is 0 Å². The molecule has 2 saturated carbocycles. The predicted molar refractivity (Wildman–Crippen MR) is 134 cm³/mol. The Labute approximate surface area is 214 Å². The Kier molecular flexibility index (Phi) is 6.26. The molecular formula is C29H41NO6. The van der Waals surface area contributed by atoms with Crippen LogP contribution in [0.2, 0.25) is 0 Å². The average Bonchev–Trinajstić information content (AvgIpc) is 3.34. The zero-order valence-corrected chi connectivity index (χ0v) is 22.6. The van der Waals surface area contributed by atoms with E-state index in [0.717, 1.165) is 18.4 Å². The van der Waals surface area contributed by atoms with Crippen LogP contribution in [0.1, 0.15) is 66.2 Å². The minimum atomic E-state index is -1.21. The largest absolute Gasteiger partial charge is 0.385 e. The first kappa shape index (κ1) is 26.0. The number of Topliss-reactive ketones (excluding diaryl/α,β-unsaturated/α-hetero) is 3. The second-order valence-corrected chi connectivity index (χ2v) is 12.4. The lowest BCUT2D eigenvalue weighted by atomic mass is 9.60. The van der Waals surface area contributed by atoms with Crippen LogP contribution in [0.5, 0.6) is 0 Å². The number of allylic oxidation sites excluding steroid dienone is 3. The SMILES string of the molecule is CC(=O)C1C[C@@]2(C)[C@@H](CCC23OCCO3)C2=C1C=C1C(C(C)=O)[C@H](C(C)=O)[C@@H](N(C)C)C[C@]1(O)CC2. The molecule has 0 amide bonds. The third-order valence-electron chi connectivity index (χ3n) is 10.3. The van der Waals surface area contributed by atoms with Crippen molar-refractivity contribution in [2.24, 2.45) is 29.1 Å². The summed E-state index contributed by atoms with van der Waals surface area (Å²) in [6.07, 6.45) is 5.82. The number of carbonyl (C=O) groups excluding carboxylic acids is 3. The van der Waals surface area contributed by atoms with Crippen molar-refractivity contribution in [3.63, 3.8) is 0 Å². The first-order valence-corrected chi connectivity index (χ1v) is 13.5. The number of hydrogen-bond donors (Lipinski definition) is 1. The molecule has 1 heterocycles. The smallest absolute Gasteiger partial charge is 0.174 e. The molecule has 7 atom stereocenters. The van der Waals surface area contributed by atoms with Gasteiger partial charge in [0.25, 0.3) is 0 Å². The van der Waals surface area contributed by atoms with E-state index < -0.39 is 23.2 Å². The normalized spacial score (nSPS) is 41.4. The summed E-state index contributed by atoms with van der Waals surface area (Å²) >= 11 is 0. The molecule has 0 bridgehead atoms. The third-order valence-corrected chi connectivity index (χ3v) is 10.3. The van der Waals surface area contributed by atoms with E-state index >= 15 is 0 Å². The van der Waals surface area contributed by atoms with E-state index in [0.29, 0.717) is 44.5 Å². The molecule has 7 heteroatoms. The zero-order chi connectivity index (χ0) is 26.2. The van der Waals surface area contributed by atoms with Crippen molar-refractivity contribution < 1.29 is 29.0 Å². The van der Waals surface area contributed by atoms with Gasteiger partial charge in [-0.1, -0.05) is 18.6 Å². The number of hydrogen-bond acceptors (Lipinski definition) is 7. The molecule has 36 heavy (non-hydrogen) atoms. The van der Waals surface area contributed by atoms with Gasteiger partial charge in [0.1, 0.15) is 17.3 Å². The van der Waals surface area contributed by atoms with Gasteiger partial charge in [-0.2, -0.15) is 0 Å². The molecule has 0 radical (unpaired) electrons. The fourth-order valence-electron chi connectivity index (χ4n) is 8.58. The second-order valence-electron chi connectivity index (χ2n) is 12.4. The van der Waals surface area contributed by atoms with Crippen molar-refractivity contribution in [3.05, 3.63) is 22.8 Å². The quantitative estimate of drug-likeness (QED) is 0.635. The molecule has 4 aliphatic carbocycles. The van der Waals surface area contributed by atoms with Gasteiger partial charge in [0.15, 0.2) is 5.79 Å². The maximum absolute atomic E-state index is 13.1. The zero-order valence-electron chi connectivity index (χ0n) is 22.6. The summed E-state index contributed by atoms with van der Waals surface area (Å²) < 4.78 is 12.5. The second kappa shape index (κ2) is 8.69. The van der Waals surface area contributed by atoms with Crippen LogP contribution in [0.4, 0.5) is 0 Å². The number of rotatable bonds is 4. The fraction of sp³-hybridized carbons (Fsp3) is 0.759. The molecule has 5 rings (SSSR count). The topological polar surface area (TPSA) is 93.1 Å². The molecule has 7 nitrogen and oxygen atoms in total. The standard InChI is InChI=1S/C29H41NO6/c1-16(31)21-14-27(4)22(8-10-29(27)35-11-12-36-29)19-7-9-28(34)15-24(30(5)6)26(18(3)33)25(17(2)32)23(28)13-20(19)21/h13,21-22,24-26,34H,7-12,14-15H2,1-6H3/t21?,22-,24-,25?,26+,27-,28+/m0/s1. The van der Waals surface area contributed by atoms with Crippen LogP contribution in [-0.4, -0.2) is 72.1 Å². The monoisotopic (exact) mass is 499 g/mol. The number of aliphatic hydroxyl groups is 1. The van der Waals surface area contributed by atoms with Crippen molar-refractivity contribution >= 4 is 17.3 Å². The Morgan fingerprint density at radius 3 is 2.22 bits per heavy atom. The van der Waals surface area contributed by atoms with Crippen LogP contribution in [0.15, 0.2) is 22.8 Å². The Bertz CT molecular complexity index is 1050. The van der Waals surface area contributed by atoms with Crippen molar-refractivity contribution in [3.8, 4) is 0 Å². The average molecular weight is 500 g/mol. The molecule has 3 fully saturated rings. The van der Waals surface area contributed by atoms with Gasteiger partial charge in [0.05, 0.1) is 24.7 Å². The highest BCUT2D eigenvalue weighted by Gasteiger charge is 2.65. The van der Waals surface area contributed by atoms with Gasteiger partial charge in [-0.25, -0.2) is 0 Å². The molecule has 1 spiro atoms. The van der Waals surface area contributed by atoms with Crippen molar-refractivity contribution in [1.82, 2.24) is 4.90 Å². The Hall–Kier alpha value is -1.67. The van der Waals surface area contributed by atoms with E-state index in [9.17, 15) is 19.5 Å². The summed E-state index contributed by atoms with van der Waals surface area (Å²) in [5, 5.41) is 12.2. The van der Waals surface area contributed by atoms with Crippen LogP contribution in [-0.2, 0) is 23.9 Å². The summed E-state index contributed by atoms with van der Waals surface area (Å²) in [4.78, 5) is 41.1. The van der Waals surface area contributed by atoms with Gasteiger partial charge < -0.3 is 19.5 Å². The molecule has 0 aromatic rings. The summed E-state index contributed by atoms with van der Waals surface area (Å²) in [7, 11) is 3.82. The van der Waals surface area contributed by atoms with Gasteiger partial charge in [-0.05, 0) is 84.0 Å². The molecule has 1 aliphatic heterocycles. The van der Waals surface area contributed by atoms with Crippen LogP contribution in [0.25, 0.3) is 0 Å². The summed E-state index contributed by atoms with van der Waals surface area (Å²) in [5.41, 5.74) is 1.27. The lowest BCUT2D eigenvalue weighted by molar-refractivity contribution is -0.228. The number of fused-ring (bicyclic) bond motifs is 4. The first-order chi connectivity index (χ1) is 16.9. The molecule has 0 aromatic heterocycles. The van der Waals surface area contributed by atoms with E-state index in [1.807, 2.05) is 25.1 Å². The van der Waals surface area contributed by atoms with E-state index in [1.54, 1.807) is 13.8 Å². The van der Waals surface area contributed by atoms with Gasteiger partial charge in [0.2, 0.25) is 0 Å². The Morgan fingerprint density at radius 2 is 1.67 bits per heavy atom. The lowest BCUT2D eigenvalue weighted by Crippen LogP contribution is -2.57. The van der Waals surface area contributed by atoms with E-state index in [-0.39, 0.29) is 40.6 Å². The maximum Gasteiger partial charge on any atom is 0.174 e. The molecule has 5 aliphatic rings. The molecule has 1 N–H and O–H groups in total. The molecule has 0 aromatic carbocycles. The number of ether oxygens (including phenoxy) is 2. The van der Waals surface area contributed by atoms with Crippen molar-refractivity contribution in [2.75, 3.05) is 27.3 Å². The number of nitrogens with zero attached hydrogens (tertiary/aromatic N) is 1. The van der Waals surface area contributed by atoms with Crippen LogP contribution in [0, 0.1) is 29.1 Å². The summed E-state index contributed by atoms with van der Waals surface area (Å²) in [5.74, 6) is -2.12. The van der Waals surface area contributed by atoms with Gasteiger partial charge in [-0.3, -0.25) is 14.4 Å². The molecular weight excluding hydrogens is 458 g/mol. The molecule has 2 unspecified atom stereocenters. The van der Waals surface area contributed by atoms with Crippen molar-refractivity contribution in [1.29, 1.82) is 0 Å². The van der Waals surface area contributed by atoms with Crippen LogP contribution < -0.4 is 0 Å². The van der Waals surface area contributed by atoms with Gasteiger partial charge >= 0.3 is 0 Å². The first-order valence-electron chi connectivity index (χ1n) is 13.5. The number of carbonyl (C=O) groups is 3.